The molecule has 310 valence electrons. The summed E-state index contributed by atoms with van der Waals surface area (Å²) in [7, 11) is -5.35. The summed E-state index contributed by atoms with van der Waals surface area (Å²) < 4.78 is 62.5. The number of sulfonamides is 2. The number of hydrogen-bond acceptors (Lipinski definition) is 11. The first kappa shape index (κ1) is 43.9. The predicted molar refractivity (Wildman–Crippen MR) is 247 cm³/mol. The van der Waals surface area contributed by atoms with Crippen LogP contribution >= 0.6 is 70.5 Å². The summed E-state index contributed by atoms with van der Waals surface area (Å²) in [5.74, 6) is 0.838. The second-order valence-corrected chi connectivity index (χ2v) is 21.8. The fraction of sp³-hybridized carbons (Fsp3) is 0.268. The molecule has 2 saturated heterocycles. The standard InChI is InChI=1S/C21H22BrN3O3S2.C20H19Br2N3O2S2/c1-28-18-6-4-5-16(14-18)13-17-15-29-21(23-17)24-9-11-25(12-10-24)30(26,27)20-8-3-2-7-19(20)22;21-16-5-3-4-15(12-16)13-17-14-28-20(23-17)24-8-10-25(11-9-24)29(26,27)19-7-2-1-6-18(19)22/h2-8,14-15H,9-13H2,1H3;1-7,12,14H,8-11,13H2. The highest BCUT2D eigenvalue weighted by Gasteiger charge is 2.32. The van der Waals surface area contributed by atoms with E-state index in [-0.39, 0.29) is 0 Å². The first-order chi connectivity index (χ1) is 28.4. The zero-order valence-electron chi connectivity index (χ0n) is 32.0. The molecule has 4 heterocycles. The van der Waals surface area contributed by atoms with Crippen LogP contribution in [0.5, 0.6) is 5.75 Å². The average Bonchev–Trinajstić information content (AvgIpc) is 3.91. The number of rotatable bonds is 11. The Kier molecular flexibility index (Phi) is 14.6. The number of halogens is 3. The lowest BCUT2D eigenvalue weighted by molar-refractivity contribution is 0.384. The number of thiazole rings is 2. The molecule has 0 spiro atoms. The van der Waals surface area contributed by atoms with Gasteiger partial charge in [0.2, 0.25) is 20.0 Å². The summed E-state index contributed by atoms with van der Waals surface area (Å²) in [5, 5.41) is 6.04. The van der Waals surface area contributed by atoms with Crippen LogP contribution in [0.3, 0.4) is 0 Å². The van der Waals surface area contributed by atoms with E-state index in [0.717, 1.165) is 50.3 Å². The number of nitrogens with zero attached hydrogens (tertiary/aromatic N) is 6. The van der Waals surface area contributed by atoms with E-state index < -0.39 is 20.0 Å². The number of ether oxygens (including phenoxy) is 1. The lowest BCUT2D eigenvalue weighted by Gasteiger charge is -2.34. The van der Waals surface area contributed by atoms with E-state index in [1.165, 1.54) is 5.56 Å². The van der Waals surface area contributed by atoms with Crippen molar-refractivity contribution in [1.29, 1.82) is 0 Å². The van der Waals surface area contributed by atoms with Gasteiger partial charge in [-0.25, -0.2) is 26.8 Å². The normalized spacial score (nSPS) is 15.5. The highest BCUT2D eigenvalue weighted by atomic mass is 79.9. The van der Waals surface area contributed by atoms with Crippen molar-refractivity contribution >= 4 is 101 Å². The van der Waals surface area contributed by atoms with Gasteiger partial charge in [-0.1, -0.05) is 64.5 Å². The van der Waals surface area contributed by atoms with Crippen molar-refractivity contribution in [2.45, 2.75) is 22.6 Å². The molecule has 8 rings (SSSR count). The predicted octanol–water partition coefficient (Wildman–Crippen LogP) is 8.79. The molecule has 0 aliphatic carbocycles. The molecular weight excluding hydrogens is 1020 g/mol. The largest absolute Gasteiger partial charge is 0.497 e. The van der Waals surface area contributed by atoms with Gasteiger partial charge in [0.15, 0.2) is 10.3 Å². The third kappa shape index (κ3) is 10.8. The quantitative estimate of drug-likeness (QED) is 0.126. The fourth-order valence-electron chi connectivity index (χ4n) is 6.72. The Hall–Kier alpha value is -3.20. The molecule has 18 heteroatoms. The maximum absolute atomic E-state index is 13.0. The molecule has 0 saturated carbocycles. The molecule has 2 aromatic heterocycles. The maximum atomic E-state index is 13.0. The third-order valence-electron chi connectivity index (χ3n) is 9.80. The first-order valence-corrected chi connectivity index (χ1v) is 25.7. The van der Waals surface area contributed by atoms with Crippen LogP contribution in [-0.4, -0.2) is 94.9 Å². The number of methoxy groups -OCH3 is 1. The van der Waals surface area contributed by atoms with Crippen LogP contribution in [0.15, 0.2) is 131 Å². The average molecular weight is 1070 g/mol. The molecule has 0 N–H and O–H groups in total. The smallest absolute Gasteiger partial charge is 0.244 e. The number of piperazine rings is 2. The highest BCUT2D eigenvalue weighted by Crippen LogP contribution is 2.30. The Morgan fingerprint density at radius 3 is 1.46 bits per heavy atom. The molecule has 2 fully saturated rings. The highest BCUT2D eigenvalue weighted by molar-refractivity contribution is 9.11. The van der Waals surface area contributed by atoms with E-state index in [1.54, 1.807) is 74.8 Å². The van der Waals surface area contributed by atoms with Crippen molar-refractivity contribution in [3.8, 4) is 5.75 Å². The Balaban J connectivity index is 0.000000179. The molecule has 59 heavy (non-hydrogen) atoms. The van der Waals surface area contributed by atoms with Crippen LogP contribution in [0.4, 0.5) is 10.3 Å². The Morgan fingerprint density at radius 1 is 0.576 bits per heavy atom. The number of aromatic nitrogens is 2. The van der Waals surface area contributed by atoms with Crippen LogP contribution in [0.2, 0.25) is 0 Å². The van der Waals surface area contributed by atoms with Gasteiger partial charge < -0.3 is 14.5 Å². The molecule has 0 unspecified atom stereocenters. The summed E-state index contributed by atoms with van der Waals surface area (Å²) in [4.78, 5) is 14.5. The molecule has 11 nitrogen and oxygen atoms in total. The van der Waals surface area contributed by atoms with Crippen molar-refractivity contribution in [2.24, 2.45) is 0 Å². The topological polar surface area (TPSA) is 116 Å². The molecule has 4 aromatic carbocycles. The Morgan fingerprint density at radius 2 is 1.02 bits per heavy atom. The van der Waals surface area contributed by atoms with E-state index in [1.807, 2.05) is 42.5 Å². The van der Waals surface area contributed by atoms with Crippen LogP contribution in [-0.2, 0) is 32.9 Å². The third-order valence-corrected chi connectivity index (χ3v) is 18.0. The second kappa shape index (κ2) is 19.7. The van der Waals surface area contributed by atoms with Crippen molar-refractivity contribution in [1.82, 2.24) is 18.6 Å². The number of benzene rings is 4. The summed E-state index contributed by atoms with van der Waals surface area (Å²) in [5.41, 5.74) is 4.40. The van der Waals surface area contributed by atoms with E-state index in [9.17, 15) is 16.8 Å². The van der Waals surface area contributed by atoms with Gasteiger partial charge in [0.1, 0.15) is 5.75 Å². The lowest BCUT2D eigenvalue weighted by Crippen LogP contribution is -2.48. The molecule has 2 aliphatic heterocycles. The minimum absolute atomic E-state index is 0.313. The molecule has 6 aromatic rings. The van der Waals surface area contributed by atoms with E-state index in [0.29, 0.717) is 71.1 Å². The van der Waals surface area contributed by atoms with Gasteiger partial charge in [0.25, 0.3) is 0 Å². The molecule has 0 atom stereocenters. The van der Waals surface area contributed by atoms with Crippen molar-refractivity contribution in [3.05, 3.63) is 144 Å². The zero-order valence-corrected chi connectivity index (χ0v) is 40.0. The van der Waals surface area contributed by atoms with Crippen molar-refractivity contribution < 1.29 is 21.6 Å². The SMILES string of the molecule is COc1cccc(Cc2csc(N3CCN(S(=O)(=O)c4ccccc4Br)CC3)n2)c1.O=S(=O)(c1ccccc1Br)N1CCN(c2nc(Cc3cccc(Br)c3)cs2)CC1. The van der Waals surface area contributed by atoms with Crippen molar-refractivity contribution in [2.75, 3.05) is 69.3 Å². The monoisotopic (exact) mass is 1060 g/mol. The zero-order chi connectivity index (χ0) is 41.6. The Labute approximate surface area is 379 Å². The van der Waals surface area contributed by atoms with Gasteiger partial charge in [-0.05, 0) is 91.5 Å². The first-order valence-electron chi connectivity index (χ1n) is 18.7. The van der Waals surface area contributed by atoms with E-state index >= 15 is 0 Å². The summed E-state index contributed by atoms with van der Waals surface area (Å²) in [6.45, 7) is 4.28. The van der Waals surface area contributed by atoms with Gasteiger partial charge >= 0.3 is 0 Å². The second-order valence-electron chi connectivity index (χ2n) is 13.7. The van der Waals surface area contributed by atoms with Gasteiger partial charge in [-0.2, -0.15) is 8.61 Å². The summed E-state index contributed by atoms with van der Waals surface area (Å²) >= 11 is 13.4. The number of hydrogen-bond donors (Lipinski definition) is 0. The van der Waals surface area contributed by atoms with Gasteiger partial charge in [-0.15, -0.1) is 22.7 Å². The van der Waals surface area contributed by atoms with Gasteiger partial charge in [-0.3, -0.25) is 0 Å². The van der Waals surface area contributed by atoms with Gasteiger partial charge in [0.05, 0.1) is 28.3 Å². The minimum Gasteiger partial charge on any atom is -0.497 e. The molecule has 2 aliphatic rings. The van der Waals surface area contributed by atoms with Gasteiger partial charge in [0, 0.05) is 89.4 Å². The molecule has 0 bridgehead atoms. The van der Waals surface area contributed by atoms with Crippen LogP contribution in [0, 0.1) is 0 Å². The molecule has 0 radical (unpaired) electrons. The van der Waals surface area contributed by atoms with Crippen LogP contribution < -0.4 is 14.5 Å². The lowest BCUT2D eigenvalue weighted by atomic mass is 10.1. The fourth-order valence-corrected chi connectivity index (χ4v) is 13.7. The van der Waals surface area contributed by atoms with E-state index in [2.05, 4.69) is 86.5 Å². The Bertz CT molecular complexity index is 2590. The minimum atomic E-state index is -3.51. The maximum Gasteiger partial charge on any atom is 0.244 e. The summed E-state index contributed by atoms with van der Waals surface area (Å²) in [6, 6.07) is 30.1. The van der Waals surface area contributed by atoms with Crippen molar-refractivity contribution in [3.63, 3.8) is 0 Å². The molecular formula is C41H41Br3N6O5S4. The van der Waals surface area contributed by atoms with E-state index in [4.69, 9.17) is 14.7 Å². The molecule has 0 amide bonds. The van der Waals surface area contributed by atoms with Crippen LogP contribution in [0.1, 0.15) is 22.5 Å². The summed E-state index contributed by atoms with van der Waals surface area (Å²) in [6.07, 6.45) is 1.52. The number of anilines is 2. The van der Waals surface area contributed by atoms with Crippen LogP contribution in [0.25, 0.3) is 0 Å².